The van der Waals surface area contributed by atoms with Crippen LogP contribution in [0.5, 0.6) is 0 Å². The summed E-state index contributed by atoms with van der Waals surface area (Å²) >= 11 is 37.1. The van der Waals surface area contributed by atoms with Gasteiger partial charge in [0.05, 0.1) is 37.6 Å². The summed E-state index contributed by atoms with van der Waals surface area (Å²) in [6, 6.07) is 7.52. The quantitative estimate of drug-likeness (QED) is 0.356. The molecule has 0 radical (unpaired) electrons. The van der Waals surface area contributed by atoms with E-state index in [1.165, 1.54) is 12.1 Å². The first kappa shape index (κ1) is 24.4. The summed E-state index contributed by atoms with van der Waals surface area (Å²) < 4.78 is 9.85. The zero-order chi connectivity index (χ0) is 23.4. The fourth-order valence-electron chi connectivity index (χ4n) is 3.57. The number of amides is 2. The number of carbonyl (C=O) groups excluding carboxylic acids is 2. The molecule has 1 aliphatic heterocycles. The topological polar surface area (TPSA) is 75.3 Å². The summed E-state index contributed by atoms with van der Waals surface area (Å²) in [5.74, 6) is -1.36. The standard InChI is InChI=1S/C20H14Cl6N2O3S/c21-12-2-1-9(5-11(12)18(29)28-10-6-32(31)7-10)27-19(30)16-15(20(16,25)26)8-3-13(22)17(24)14(23)4-8/h1-5,10,15-16H,6-7H2,(H,27,30)(H,28,29)/t10?,15-,16+,32?/m1/s1. The first-order valence-corrected chi connectivity index (χ1v) is 13.0. The van der Waals surface area contributed by atoms with Crippen LogP contribution >= 0.6 is 69.6 Å². The van der Waals surface area contributed by atoms with Gasteiger partial charge in [-0.3, -0.25) is 13.8 Å². The largest absolute Gasteiger partial charge is 0.347 e. The highest BCUT2D eigenvalue weighted by Crippen LogP contribution is 2.65. The first-order valence-electron chi connectivity index (χ1n) is 9.27. The Balaban J connectivity index is 1.49. The van der Waals surface area contributed by atoms with E-state index in [1.807, 2.05) is 0 Å². The summed E-state index contributed by atoms with van der Waals surface area (Å²) in [6.45, 7) is 0. The van der Waals surface area contributed by atoms with Crippen LogP contribution in [0, 0.1) is 5.92 Å². The number of rotatable bonds is 5. The van der Waals surface area contributed by atoms with E-state index in [0.717, 1.165) is 0 Å². The molecule has 2 N–H and O–H groups in total. The Morgan fingerprint density at radius 3 is 2.19 bits per heavy atom. The molecule has 4 rings (SSSR count). The van der Waals surface area contributed by atoms with E-state index < -0.39 is 38.8 Å². The van der Waals surface area contributed by atoms with Crippen molar-refractivity contribution in [2.45, 2.75) is 16.3 Å². The average molecular weight is 575 g/mol. The maximum Gasteiger partial charge on any atom is 0.253 e. The molecule has 2 aromatic rings. The van der Waals surface area contributed by atoms with Crippen molar-refractivity contribution in [1.29, 1.82) is 0 Å². The Morgan fingerprint density at radius 2 is 1.59 bits per heavy atom. The summed E-state index contributed by atoms with van der Waals surface area (Å²) in [7, 11) is -0.896. The van der Waals surface area contributed by atoms with Gasteiger partial charge in [-0.25, -0.2) is 0 Å². The number of nitrogens with one attached hydrogen (secondary N) is 2. The fourth-order valence-corrected chi connectivity index (χ4v) is 6.18. The minimum atomic E-state index is -1.36. The molecule has 2 amide bonds. The maximum atomic E-state index is 12.9. The molecule has 1 saturated carbocycles. The molecule has 0 bridgehead atoms. The van der Waals surface area contributed by atoms with Crippen LogP contribution in [-0.4, -0.2) is 37.9 Å². The van der Waals surface area contributed by atoms with Gasteiger partial charge in [0.25, 0.3) is 5.91 Å². The first-order chi connectivity index (χ1) is 15.0. The number of hydrogen-bond acceptors (Lipinski definition) is 3. The molecule has 2 atom stereocenters. The van der Waals surface area contributed by atoms with Crippen LogP contribution < -0.4 is 10.6 Å². The highest BCUT2D eigenvalue weighted by atomic mass is 35.5. The minimum absolute atomic E-state index is 0.156. The Bertz CT molecular complexity index is 1130. The molecule has 2 aromatic carbocycles. The Morgan fingerprint density at radius 1 is 0.969 bits per heavy atom. The lowest BCUT2D eigenvalue weighted by Gasteiger charge is -2.26. The molecule has 0 spiro atoms. The van der Waals surface area contributed by atoms with Gasteiger partial charge in [-0.2, -0.15) is 0 Å². The smallest absolute Gasteiger partial charge is 0.253 e. The Hall–Kier alpha value is -0.730. The van der Waals surface area contributed by atoms with Crippen LogP contribution in [0.4, 0.5) is 5.69 Å². The second-order valence-electron chi connectivity index (χ2n) is 7.56. The van der Waals surface area contributed by atoms with E-state index in [4.69, 9.17) is 69.6 Å². The molecule has 170 valence electrons. The van der Waals surface area contributed by atoms with Crippen LogP contribution in [-0.2, 0) is 15.6 Å². The summed E-state index contributed by atoms with van der Waals surface area (Å²) in [5, 5.41) is 6.38. The van der Waals surface area contributed by atoms with Gasteiger partial charge in [-0.05, 0) is 35.9 Å². The molecule has 2 fully saturated rings. The zero-order valence-electron chi connectivity index (χ0n) is 15.9. The van der Waals surface area contributed by atoms with Crippen LogP contribution in [0.15, 0.2) is 30.3 Å². The van der Waals surface area contributed by atoms with Crippen molar-refractivity contribution in [2.75, 3.05) is 16.8 Å². The second-order valence-corrected chi connectivity index (χ2v) is 12.1. The van der Waals surface area contributed by atoms with Crippen molar-refractivity contribution in [3.63, 3.8) is 0 Å². The third-order valence-corrected chi connectivity index (χ3v) is 9.30. The van der Waals surface area contributed by atoms with Gasteiger partial charge in [-0.15, -0.1) is 23.2 Å². The van der Waals surface area contributed by atoms with Crippen LogP contribution in [0.3, 0.4) is 0 Å². The molecule has 1 aliphatic carbocycles. The Labute approximate surface area is 216 Å². The molecular formula is C20H14Cl6N2O3S. The van der Waals surface area contributed by atoms with E-state index in [-0.39, 0.29) is 31.7 Å². The van der Waals surface area contributed by atoms with Crippen LogP contribution in [0.2, 0.25) is 20.1 Å². The molecule has 1 saturated heterocycles. The highest BCUT2D eigenvalue weighted by molar-refractivity contribution is 7.86. The predicted octanol–water partition coefficient (Wildman–Crippen LogP) is 5.69. The predicted molar refractivity (Wildman–Crippen MR) is 131 cm³/mol. The lowest BCUT2D eigenvalue weighted by molar-refractivity contribution is -0.117. The van der Waals surface area contributed by atoms with Crippen LogP contribution in [0.1, 0.15) is 21.8 Å². The van der Waals surface area contributed by atoms with Gasteiger partial charge < -0.3 is 10.6 Å². The summed E-state index contributed by atoms with van der Waals surface area (Å²) in [6.07, 6.45) is 0. The molecule has 12 heteroatoms. The minimum Gasteiger partial charge on any atom is -0.347 e. The van der Waals surface area contributed by atoms with Gasteiger partial charge >= 0.3 is 0 Å². The number of carbonyl (C=O) groups is 2. The van der Waals surface area contributed by atoms with Crippen molar-refractivity contribution in [3.8, 4) is 0 Å². The molecule has 32 heavy (non-hydrogen) atoms. The monoisotopic (exact) mass is 572 g/mol. The number of hydrogen-bond donors (Lipinski definition) is 2. The molecule has 0 aromatic heterocycles. The number of benzene rings is 2. The molecule has 1 heterocycles. The normalized spacial score (nSPS) is 25.6. The van der Waals surface area contributed by atoms with Gasteiger partial charge in [0.1, 0.15) is 4.33 Å². The average Bonchev–Trinajstić information content (AvgIpc) is 3.28. The molecule has 0 unspecified atom stereocenters. The summed E-state index contributed by atoms with van der Waals surface area (Å²) in [4.78, 5) is 25.4. The lowest BCUT2D eigenvalue weighted by Crippen LogP contribution is -2.50. The van der Waals surface area contributed by atoms with E-state index >= 15 is 0 Å². The zero-order valence-corrected chi connectivity index (χ0v) is 21.3. The number of halogens is 6. The van der Waals surface area contributed by atoms with Gasteiger partial charge in [0.2, 0.25) is 5.91 Å². The third-order valence-electron chi connectivity index (χ3n) is 5.29. The van der Waals surface area contributed by atoms with E-state index in [1.54, 1.807) is 18.2 Å². The number of alkyl halides is 2. The molecular weight excluding hydrogens is 561 g/mol. The van der Waals surface area contributed by atoms with Crippen LogP contribution in [0.25, 0.3) is 0 Å². The SMILES string of the molecule is O=C(NC1CS(=O)C1)c1cc(NC(=O)[C@@H]2[C@@H](c3cc(Cl)c(Cl)c(Cl)c3)C2(Cl)Cl)ccc1Cl. The van der Waals surface area contributed by atoms with Gasteiger partial charge in [0.15, 0.2) is 0 Å². The van der Waals surface area contributed by atoms with E-state index in [0.29, 0.717) is 22.8 Å². The van der Waals surface area contributed by atoms with E-state index in [2.05, 4.69) is 10.6 Å². The second kappa shape index (κ2) is 9.14. The van der Waals surface area contributed by atoms with E-state index in [9.17, 15) is 13.8 Å². The van der Waals surface area contributed by atoms with Crippen molar-refractivity contribution >= 4 is 97.9 Å². The fraction of sp³-hybridized carbons (Fsp3) is 0.300. The highest BCUT2D eigenvalue weighted by Gasteiger charge is 2.67. The maximum absolute atomic E-state index is 12.9. The van der Waals surface area contributed by atoms with Crippen molar-refractivity contribution < 1.29 is 13.8 Å². The lowest BCUT2D eigenvalue weighted by atomic mass is 10.1. The van der Waals surface area contributed by atoms with Gasteiger partial charge in [-0.1, -0.05) is 46.4 Å². The van der Waals surface area contributed by atoms with Crippen molar-refractivity contribution in [2.24, 2.45) is 5.92 Å². The van der Waals surface area contributed by atoms with Crippen molar-refractivity contribution in [1.82, 2.24) is 5.32 Å². The molecule has 5 nitrogen and oxygen atoms in total. The third kappa shape index (κ3) is 4.74. The Kier molecular flexibility index (Phi) is 6.97. The van der Waals surface area contributed by atoms with Gasteiger partial charge in [0, 0.05) is 33.9 Å². The number of anilines is 1. The summed E-state index contributed by atoms with van der Waals surface area (Å²) in [5.41, 5.74) is 1.13. The van der Waals surface area contributed by atoms with Crippen molar-refractivity contribution in [3.05, 3.63) is 61.5 Å². The molecule has 2 aliphatic rings.